The van der Waals surface area contributed by atoms with Crippen molar-refractivity contribution in [3.63, 3.8) is 0 Å². The van der Waals surface area contributed by atoms with Gasteiger partial charge in [0, 0.05) is 9.13 Å². The molecule has 1 amide bonds. The smallest absolute Gasteiger partial charge is 0.257 e. The molecular weight excluding hydrogens is 299 g/mol. The lowest BCUT2D eigenvalue weighted by Crippen LogP contribution is -2.34. The number of amides is 1. The molecule has 0 aliphatic carbocycles. The largest absolute Gasteiger partial charge is 0.376 e. The second-order valence-electron chi connectivity index (χ2n) is 2.33. The van der Waals surface area contributed by atoms with Crippen molar-refractivity contribution in [2.45, 2.75) is 0 Å². The Morgan fingerprint density at radius 2 is 1.92 bits per heavy atom. The molecule has 1 rings (SSSR count). The number of nitrogens with one attached hydrogen (secondary N) is 1. The van der Waals surface area contributed by atoms with E-state index >= 15 is 0 Å². The predicted octanol–water partition coefficient (Wildman–Crippen LogP) is 1.26. The van der Waals surface area contributed by atoms with Crippen molar-refractivity contribution < 1.29 is 4.79 Å². The Hall–Kier alpha value is -0.690. The predicted molar refractivity (Wildman–Crippen MR) is 63.4 cm³/mol. The number of thiocarbonyl (C=S) groups is 1. The summed E-state index contributed by atoms with van der Waals surface area (Å²) in [6, 6.07) is 7.12. The van der Waals surface area contributed by atoms with Gasteiger partial charge in [-0.3, -0.25) is 10.1 Å². The van der Waals surface area contributed by atoms with Gasteiger partial charge in [-0.2, -0.15) is 0 Å². The van der Waals surface area contributed by atoms with E-state index in [9.17, 15) is 4.79 Å². The van der Waals surface area contributed by atoms with Crippen LogP contribution in [0.2, 0.25) is 0 Å². The summed E-state index contributed by atoms with van der Waals surface area (Å²) in [6.07, 6.45) is 0. The molecule has 0 unspecified atom stereocenters. The summed E-state index contributed by atoms with van der Waals surface area (Å²) in [4.78, 5) is 11.3. The van der Waals surface area contributed by atoms with Crippen LogP contribution in [0.15, 0.2) is 24.3 Å². The minimum Gasteiger partial charge on any atom is -0.376 e. The first kappa shape index (κ1) is 10.4. The molecule has 0 aliphatic heterocycles. The third-order valence-electron chi connectivity index (χ3n) is 1.34. The van der Waals surface area contributed by atoms with Gasteiger partial charge in [-0.15, -0.1) is 0 Å². The Morgan fingerprint density at radius 1 is 1.38 bits per heavy atom. The molecule has 1 aromatic carbocycles. The summed E-state index contributed by atoms with van der Waals surface area (Å²) in [5.41, 5.74) is 5.71. The number of benzene rings is 1. The van der Waals surface area contributed by atoms with Gasteiger partial charge in [-0.25, -0.2) is 0 Å². The Bertz CT molecular complexity index is 337. The summed E-state index contributed by atoms with van der Waals surface area (Å²) in [5, 5.41) is 2.34. The van der Waals surface area contributed by atoms with Crippen LogP contribution in [-0.2, 0) is 0 Å². The Morgan fingerprint density at radius 3 is 2.38 bits per heavy atom. The standard InChI is InChI=1S/C8H7IN2OS/c9-6-3-1-5(2-4-6)7(12)11-8(10)13/h1-4H,(H3,10,11,12,13). The molecule has 0 saturated heterocycles. The van der Waals surface area contributed by atoms with E-state index in [2.05, 4.69) is 40.1 Å². The third kappa shape index (κ3) is 3.27. The van der Waals surface area contributed by atoms with Crippen LogP contribution in [0.25, 0.3) is 0 Å². The summed E-state index contributed by atoms with van der Waals surface area (Å²) < 4.78 is 1.07. The van der Waals surface area contributed by atoms with Gasteiger partial charge in [0.2, 0.25) is 0 Å². The molecule has 0 spiro atoms. The van der Waals surface area contributed by atoms with Gasteiger partial charge in [0.25, 0.3) is 5.91 Å². The zero-order valence-electron chi connectivity index (χ0n) is 6.58. The summed E-state index contributed by atoms with van der Waals surface area (Å²) in [5.74, 6) is -0.274. The van der Waals surface area contributed by atoms with E-state index in [0.717, 1.165) is 3.57 Å². The lowest BCUT2D eigenvalue weighted by Gasteiger charge is -2.01. The number of hydrogen-bond acceptors (Lipinski definition) is 2. The maximum atomic E-state index is 11.3. The summed E-state index contributed by atoms with van der Waals surface area (Å²) >= 11 is 6.71. The van der Waals surface area contributed by atoms with E-state index in [1.165, 1.54) is 0 Å². The fourth-order valence-electron chi connectivity index (χ4n) is 0.785. The van der Waals surface area contributed by atoms with Gasteiger partial charge in [-0.1, -0.05) is 0 Å². The minimum absolute atomic E-state index is 0.0106. The molecular formula is C8H7IN2OS. The van der Waals surface area contributed by atoms with Crippen molar-refractivity contribution >= 4 is 45.8 Å². The zero-order valence-corrected chi connectivity index (χ0v) is 9.56. The van der Waals surface area contributed by atoms with Crippen LogP contribution in [0, 0.1) is 3.57 Å². The number of halogens is 1. The number of carbonyl (C=O) groups is 1. The molecule has 1 aromatic rings. The number of nitrogens with two attached hydrogens (primary N) is 1. The molecule has 0 bridgehead atoms. The van der Waals surface area contributed by atoms with Crippen molar-refractivity contribution in [3.8, 4) is 0 Å². The molecule has 0 fully saturated rings. The van der Waals surface area contributed by atoms with Crippen LogP contribution in [0.3, 0.4) is 0 Å². The minimum atomic E-state index is -0.274. The zero-order chi connectivity index (χ0) is 9.84. The van der Waals surface area contributed by atoms with E-state index in [4.69, 9.17) is 5.73 Å². The third-order valence-corrected chi connectivity index (χ3v) is 2.16. The van der Waals surface area contributed by atoms with Gasteiger partial charge in [0.05, 0.1) is 0 Å². The molecule has 0 atom stereocenters. The van der Waals surface area contributed by atoms with Crippen LogP contribution < -0.4 is 11.1 Å². The lowest BCUT2D eigenvalue weighted by molar-refractivity contribution is 0.0977. The first-order valence-corrected chi connectivity index (χ1v) is 4.94. The number of rotatable bonds is 1. The second-order valence-corrected chi connectivity index (χ2v) is 4.01. The molecule has 0 saturated carbocycles. The maximum Gasteiger partial charge on any atom is 0.257 e. The molecule has 3 nitrogen and oxygen atoms in total. The van der Waals surface area contributed by atoms with Gasteiger partial charge in [-0.05, 0) is 59.1 Å². The summed E-state index contributed by atoms with van der Waals surface area (Å²) in [7, 11) is 0. The van der Waals surface area contributed by atoms with Crippen molar-refractivity contribution in [1.82, 2.24) is 5.32 Å². The van der Waals surface area contributed by atoms with Gasteiger partial charge >= 0.3 is 0 Å². The fourth-order valence-corrected chi connectivity index (χ4v) is 1.24. The average Bonchev–Trinajstić information content (AvgIpc) is 2.04. The molecule has 13 heavy (non-hydrogen) atoms. The summed E-state index contributed by atoms with van der Waals surface area (Å²) in [6.45, 7) is 0. The van der Waals surface area contributed by atoms with Gasteiger partial charge < -0.3 is 5.73 Å². The lowest BCUT2D eigenvalue weighted by atomic mass is 10.2. The van der Waals surface area contributed by atoms with Crippen molar-refractivity contribution in [1.29, 1.82) is 0 Å². The van der Waals surface area contributed by atoms with Crippen molar-refractivity contribution in [3.05, 3.63) is 33.4 Å². The highest BCUT2D eigenvalue weighted by Crippen LogP contribution is 2.06. The molecule has 0 aromatic heterocycles. The normalized spacial score (nSPS) is 9.31. The van der Waals surface area contributed by atoms with Gasteiger partial charge in [0.1, 0.15) is 0 Å². The topological polar surface area (TPSA) is 55.1 Å². The molecule has 0 aliphatic rings. The van der Waals surface area contributed by atoms with Gasteiger partial charge in [0.15, 0.2) is 5.11 Å². The van der Waals surface area contributed by atoms with E-state index in [1.54, 1.807) is 12.1 Å². The van der Waals surface area contributed by atoms with Crippen molar-refractivity contribution in [2.24, 2.45) is 5.73 Å². The quantitative estimate of drug-likeness (QED) is 0.607. The van der Waals surface area contributed by atoms with Crippen LogP contribution >= 0.6 is 34.8 Å². The molecule has 3 N–H and O–H groups in total. The first-order valence-electron chi connectivity index (χ1n) is 3.46. The first-order chi connectivity index (χ1) is 6.09. The van der Waals surface area contributed by atoms with E-state index in [1.807, 2.05) is 12.1 Å². The maximum absolute atomic E-state index is 11.3. The Kier molecular flexibility index (Phi) is 3.61. The molecule has 0 radical (unpaired) electrons. The van der Waals surface area contributed by atoms with E-state index < -0.39 is 0 Å². The van der Waals surface area contributed by atoms with E-state index in [0.29, 0.717) is 5.56 Å². The van der Waals surface area contributed by atoms with Crippen LogP contribution in [0.4, 0.5) is 0 Å². The SMILES string of the molecule is NC(=S)NC(=O)c1ccc(I)cc1. The Balaban J connectivity index is 2.78. The number of carbonyl (C=O) groups excluding carboxylic acids is 1. The van der Waals surface area contributed by atoms with Crippen LogP contribution in [0.5, 0.6) is 0 Å². The second kappa shape index (κ2) is 4.52. The highest BCUT2D eigenvalue weighted by atomic mass is 127. The van der Waals surface area contributed by atoms with Crippen molar-refractivity contribution in [2.75, 3.05) is 0 Å². The Labute approximate surface area is 94.8 Å². The van der Waals surface area contributed by atoms with E-state index in [-0.39, 0.29) is 11.0 Å². The number of hydrogen-bond donors (Lipinski definition) is 2. The van der Waals surface area contributed by atoms with Crippen LogP contribution in [0.1, 0.15) is 10.4 Å². The van der Waals surface area contributed by atoms with Crippen LogP contribution in [-0.4, -0.2) is 11.0 Å². The average molecular weight is 306 g/mol. The molecule has 5 heteroatoms. The molecule has 0 heterocycles. The highest BCUT2D eigenvalue weighted by Gasteiger charge is 2.04. The highest BCUT2D eigenvalue weighted by molar-refractivity contribution is 14.1. The fraction of sp³-hybridized carbons (Fsp3) is 0. The monoisotopic (exact) mass is 306 g/mol. The molecule has 68 valence electrons.